The Bertz CT molecular complexity index is 403. The molecule has 0 atom stereocenters. The molecule has 0 bridgehead atoms. The molecule has 5 nitrogen and oxygen atoms in total. The molecular weight excluding hydrogens is 190 g/mol. The number of hydrazine groups is 1. The highest BCUT2D eigenvalue weighted by Gasteiger charge is 2.13. The zero-order chi connectivity index (χ0) is 10.7. The maximum atomic E-state index is 8.67. The average Bonchev–Trinajstić information content (AvgIpc) is 2.78. The van der Waals surface area contributed by atoms with Gasteiger partial charge in [-0.3, -0.25) is 0 Å². The lowest BCUT2D eigenvalue weighted by molar-refractivity contribution is 0.244. The molecule has 0 aromatic heterocycles. The largest absolute Gasteiger partial charge is 0.309 e. The predicted octanol–water partition coefficient (Wildman–Crippen LogP) is 0.715. The van der Waals surface area contributed by atoms with E-state index in [-0.39, 0.29) is 0 Å². The number of hydrogen-bond donors (Lipinski definition) is 1. The summed E-state index contributed by atoms with van der Waals surface area (Å²) in [5.74, 6) is 0. The lowest BCUT2D eigenvalue weighted by Gasteiger charge is -2.17. The number of hydrogen-bond acceptors (Lipinski definition) is 5. The summed E-state index contributed by atoms with van der Waals surface area (Å²) >= 11 is 0. The van der Waals surface area contributed by atoms with Crippen molar-refractivity contribution in [2.75, 3.05) is 18.6 Å². The number of nitrogens with zero attached hydrogens (tertiary/aromatic N) is 4. The molecule has 0 saturated carbocycles. The van der Waals surface area contributed by atoms with Crippen molar-refractivity contribution < 1.29 is 0 Å². The van der Waals surface area contributed by atoms with E-state index in [1.54, 1.807) is 23.6 Å². The van der Waals surface area contributed by atoms with Crippen molar-refractivity contribution in [2.45, 2.75) is 0 Å². The third-order valence-corrected chi connectivity index (χ3v) is 2.20. The summed E-state index contributed by atoms with van der Waals surface area (Å²) in [5, 5.41) is 14.5. The minimum Gasteiger partial charge on any atom is -0.309 e. The molecule has 0 amide bonds. The first-order valence-corrected chi connectivity index (χ1v) is 4.59. The topological polar surface area (TPSA) is 54.7 Å². The summed E-state index contributed by atoms with van der Waals surface area (Å²) < 4.78 is 0. The van der Waals surface area contributed by atoms with Crippen LogP contribution in [0.3, 0.4) is 0 Å². The van der Waals surface area contributed by atoms with E-state index in [4.69, 9.17) is 5.26 Å². The van der Waals surface area contributed by atoms with Crippen molar-refractivity contribution in [1.82, 2.24) is 10.5 Å². The second-order valence-electron chi connectivity index (χ2n) is 3.12. The lowest BCUT2D eigenvalue weighted by atomic mass is 10.2. The summed E-state index contributed by atoms with van der Waals surface area (Å²) in [7, 11) is 1.82. The maximum absolute atomic E-state index is 8.67. The minimum absolute atomic E-state index is 0.667. The minimum atomic E-state index is 0.667. The molecule has 0 fully saturated rings. The van der Waals surface area contributed by atoms with Crippen LogP contribution in [0.5, 0.6) is 0 Å². The molecule has 0 spiro atoms. The van der Waals surface area contributed by atoms with Crippen LogP contribution in [-0.2, 0) is 0 Å². The molecule has 15 heavy (non-hydrogen) atoms. The zero-order valence-electron chi connectivity index (χ0n) is 8.38. The Kier molecular flexibility index (Phi) is 2.52. The van der Waals surface area contributed by atoms with Crippen LogP contribution in [-0.4, -0.2) is 25.2 Å². The van der Waals surface area contributed by atoms with Gasteiger partial charge in [0.25, 0.3) is 0 Å². The van der Waals surface area contributed by atoms with Crippen LogP contribution in [0.2, 0.25) is 0 Å². The summed E-state index contributed by atoms with van der Waals surface area (Å²) in [4.78, 5) is 1.98. The molecule has 1 N–H and O–H groups in total. The molecular formula is C10H11N5. The summed E-state index contributed by atoms with van der Waals surface area (Å²) in [5.41, 5.74) is 4.62. The first-order valence-electron chi connectivity index (χ1n) is 4.59. The molecule has 1 aliphatic heterocycles. The van der Waals surface area contributed by atoms with Crippen molar-refractivity contribution in [3.05, 3.63) is 29.8 Å². The highest BCUT2D eigenvalue weighted by molar-refractivity contribution is 5.80. The predicted molar refractivity (Wildman–Crippen MR) is 57.9 cm³/mol. The van der Waals surface area contributed by atoms with Gasteiger partial charge in [-0.2, -0.15) is 10.4 Å². The molecule has 1 heterocycles. The molecule has 76 valence electrons. The van der Waals surface area contributed by atoms with E-state index < -0.39 is 0 Å². The highest BCUT2D eigenvalue weighted by Crippen LogP contribution is 2.16. The van der Waals surface area contributed by atoms with Gasteiger partial charge in [-0.25, -0.2) is 10.5 Å². The van der Waals surface area contributed by atoms with Gasteiger partial charge < -0.3 is 4.90 Å². The van der Waals surface area contributed by atoms with Crippen LogP contribution in [0, 0.1) is 11.3 Å². The SMILES string of the molecule is CNN1CN(c2ccc(C#N)cc2)C=N1. The number of nitriles is 1. The fourth-order valence-electron chi connectivity index (χ4n) is 1.35. The summed E-state index contributed by atoms with van der Waals surface area (Å²) in [6.45, 7) is 0.669. The smallest absolute Gasteiger partial charge is 0.130 e. The maximum Gasteiger partial charge on any atom is 0.130 e. The van der Waals surface area contributed by atoms with Crippen LogP contribution in [0.1, 0.15) is 5.56 Å². The van der Waals surface area contributed by atoms with Gasteiger partial charge in [-0.15, -0.1) is 0 Å². The Labute approximate surface area is 88.2 Å². The van der Waals surface area contributed by atoms with Crippen LogP contribution < -0.4 is 10.3 Å². The first-order chi connectivity index (χ1) is 7.33. The molecule has 1 aromatic rings. The van der Waals surface area contributed by atoms with Crippen molar-refractivity contribution in [2.24, 2.45) is 5.10 Å². The first kappa shape index (κ1) is 9.49. The highest BCUT2D eigenvalue weighted by atomic mass is 15.7. The Balaban J connectivity index is 2.12. The Morgan fingerprint density at radius 1 is 1.40 bits per heavy atom. The normalized spacial score (nSPS) is 14.4. The molecule has 5 heteroatoms. The van der Waals surface area contributed by atoms with Gasteiger partial charge in [0.05, 0.1) is 11.6 Å². The molecule has 2 rings (SSSR count). The van der Waals surface area contributed by atoms with E-state index in [0.717, 1.165) is 5.69 Å². The third kappa shape index (κ3) is 1.90. The number of anilines is 1. The van der Waals surface area contributed by atoms with Crippen LogP contribution in [0.25, 0.3) is 0 Å². The van der Waals surface area contributed by atoms with E-state index in [1.165, 1.54) is 0 Å². The number of benzene rings is 1. The number of rotatable bonds is 2. The van der Waals surface area contributed by atoms with Gasteiger partial charge in [0.2, 0.25) is 0 Å². The van der Waals surface area contributed by atoms with E-state index in [0.29, 0.717) is 12.2 Å². The Morgan fingerprint density at radius 2 is 2.13 bits per heavy atom. The second-order valence-corrected chi connectivity index (χ2v) is 3.12. The molecule has 0 unspecified atom stereocenters. The number of hydrazone groups is 1. The summed E-state index contributed by atoms with van der Waals surface area (Å²) in [6.07, 6.45) is 1.75. The summed E-state index contributed by atoms with van der Waals surface area (Å²) in [6, 6.07) is 9.50. The average molecular weight is 201 g/mol. The van der Waals surface area contributed by atoms with Crippen LogP contribution in [0.4, 0.5) is 5.69 Å². The van der Waals surface area contributed by atoms with Crippen molar-refractivity contribution in [3.63, 3.8) is 0 Å². The van der Waals surface area contributed by atoms with E-state index in [2.05, 4.69) is 16.6 Å². The van der Waals surface area contributed by atoms with Crippen molar-refractivity contribution in [1.29, 1.82) is 5.26 Å². The lowest BCUT2D eigenvalue weighted by Crippen LogP contribution is -2.33. The van der Waals surface area contributed by atoms with Gasteiger partial charge in [0, 0.05) is 12.7 Å². The zero-order valence-corrected chi connectivity index (χ0v) is 8.38. The second kappa shape index (κ2) is 3.98. The van der Waals surface area contributed by atoms with Gasteiger partial charge >= 0.3 is 0 Å². The molecule has 0 radical (unpaired) electrons. The van der Waals surface area contributed by atoms with Crippen LogP contribution >= 0.6 is 0 Å². The van der Waals surface area contributed by atoms with E-state index in [1.807, 2.05) is 24.1 Å². The third-order valence-electron chi connectivity index (χ3n) is 2.20. The fourth-order valence-corrected chi connectivity index (χ4v) is 1.35. The van der Waals surface area contributed by atoms with Crippen molar-refractivity contribution in [3.8, 4) is 6.07 Å². The van der Waals surface area contributed by atoms with Gasteiger partial charge in [0.1, 0.15) is 13.0 Å². The molecule has 0 saturated heterocycles. The van der Waals surface area contributed by atoms with Crippen molar-refractivity contribution >= 4 is 12.0 Å². The number of nitrogens with one attached hydrogen (secondary N) is 1. The molecule has 1 aromatic carbocycles. The fraction of sp³-hybridized carbons (Fsp3) is 0.200. The monoisotopic (exact) mass is 201 g/mol. The molecule has 1 aliphatic rings. The van der Waals surface area contributed by atoms with Crippen LogP contribution in [0.15, 0.2) is 29.4 Å². The quantitative estimate of drug-likeness (QED) is 0.765. The van der Waals surface area contributed by atoms with Gasteiger partial charge in [0.15, 0.2) is 0 Å². The van der Waals surface area contributed by atoms with Gasteiger partial charge in [-0.1, -0.05) is 0 Å². The van der Waals surface area contributed by atoms with E-state index >= 15 is 0 Å². The van der Waals surface area contributed by atoms with E-state index in [9.17, 15) is 0 Å². The standard InChI is InChI=1S/C10H11N5/c1-12-15-8-14(7-13-15)10-4-2-9(6-11)3-5-10/h2-5,7,12H,8H2,1H3. The van der Waals surface area contributed by atoms with Gasteiger partial charge in [-0.05, 0) is 24.3 Å². The Hall–Kier alpha value is -2.06. The molecule has 0 aliphatic carbocycles. The Morgan fingerprint density at radius 3 is 2.67 bits per heavy atom.